The first-order valence-corrected chi connectivity index (χ1v) is 10.1. The summed E-state index contributed by atoms with van der Waals surface area (Å²) in [5.41, 5.74) is 2.26. The van der Waals surface area contributed by atoms with Gasteiger partial charge in [0, 0.05) is 11.3 Å². The summed E-state index contributed by atoms with van der Waals surface area (Å²) in [4.78, 5) is 49.1. The van der Waals surface area contributed by atoms with E-state index in [1.807, 2.05) is 19.1 Å². The molecule has 0 aliphatic carbocycles. The minimum Gasteiger partial charge on any atom is -0.483 e. The second-order valence-corrected chi connectivity index (χ2v) is 7.58. The smallest absolute Gasteiger partial charge is 0.325 e. The average Bonchev–Trinajstić information content (AvgIpc) is 3.02. The third kappa shape index (κ3) is 5.73. The van der Waals surface area contributed by atoms with Crippen molar-refractivity contribution in [2.45, 2.75) is 6.92 Å². The number of hydrogen-bond acceptors (Lipinski definition) is 7. The van der Waals surface area contributed by atoms with Gasteiger partial charge in [0.1, 0.15) is 12.3 Å². The lowest BCUT2D eigenvalue weighted by atomic mass is 10.2. The number of imide groups is 1. The molecule has 31 heavy (non-hydrogen) atoms. The summed E-state index contributed by atoms with van der Waals surface area (Å²) < 4.78 is 10.1. The summed E-state index contributed by atoms with van der Waals surface area (Å²) in [5.74, 6) is -1.24. The molecule has 0 aromatic heterocycles. The number of aryl methyl sites for hydroxylation is 1. The number of para-hydroxylation sites is 1. The van der Waals surface area contributed by atoms with Crippen molar-refractivity contribution in [1.29, 1.82) is 0 Å². The number of hydrogen-bond donors (Lipinski definition) is 1. The third-order valence-electron chi connectivity index (χ3n) is 4.29. The number of nitrogens with one attached hydrogen (secondary N) is 1. The van der Waals surface area contributed by atoms with E-state index in [4.69, 9.17) is 4.74 Å². The first kappa shape index (κ1) is 22.1. The minimum atomic E-state index is -0.688. The monoisotopic (exact) mass is 440 g/mol. The highest BCUT2D eigenvalue weighted by Crippen LogP contribution is 2.33. The Balaban J connectivity index is 1.68. The zero-order valence-electron chi connectivity index (χ0n) is 16.9. The molecule has 3 rings (SSSR count). The summed E-state index contributed by atoms with van der Waals surface area (Å²) in [5, 5.41) is 2.18. The van der Waals surface area contributed by atoms with Crippen LogP contribution in [0.2, 0.25) is 0 Å². The van der Waals surface area contributed by atoms with Gasteiger partial charge in [-0.2, -0.15) is 0 Å². The van der Waals surface area contributed by atoms with Crippen LogP contribution in [0.15, 0.2) is 53.4 Å². The SMILES string of the molecule is COC(=O)CN1C(=O)S/C(=C/c2ccccc2OCC(=O)Nc2ccc(C)cc2)C1=O. The topological polar surface area (TPSA) is 102 Å². The fourth-order valence-corrected chi connectivity index (χ4v) is 3.51. The summed E-state index contributed by atoms with van der Waals surface area (Å²) in [7, 11) is 1.18. The molecule has 1 aliphatic rings. The molecule has 9 heteroatoms. The maximum Gasteiger partial charge on any atom is 0.325 e. The number of benzene rings is 2. The molecule has 8 nitrogen and oxygen atoms in total. The van der Waals surface area contributed by atoms with Gasteiger partial charge < -0.3 is 14.8 Å². The molecule has 0 bridgehead atoms. The van der Waals surface area contributed by atoms with Crippen molar-refractivity contribution in [3.05, 3.63) is 64.6 Å². The van der Waals surface area contributed by atoms with Crippen LogP contribution in [0.1, 0.15) is 11.1 Å². The number of nitrogens with zero attached hydrogens (tertiary/aromatic N) is 1. The summed E-state index contributed by atoms with van der Waals surface area (Å²) in [6.07, 6.45) is 1.50. The van der Waals surface area contributed by atoms with Crippen LogP contribution in [0, 0.1) is 6.92 Å². The van der Waals surface area contributed by atoms with E-state index in [1.54, 1.807) is 36.4 Å². The summed E-state index contributed by atoms with van der Waals surface area (Å²) in [6, 6.07) is 14.2. The number of ether oxygens (including phenoxy) is 2. The molecule has 0 atom stereocenters. The Bertz CT molecular complexity index is 1050. The second kappa shape index (κ2) is 9.94. The zero-order valence-corrected chi connectivity index (χ0v) is 17.7. The summed E-state index contributed by atoms with van der Waals surface area (Å²) >= 11 is 0.721. The highest BCUT2D eigenvalue weighted by molar-refractivity contribution is 8.18. The van der Waals surface area contributed by atoms with E-state index in [-0.39, 0.29) is 17.4 Å². The fraction of sp³-hybridized carbons (Fsp3) is 0.182. The normalized spacial score (nSPS) is 14.6. The Hall–Kier alpha value is -3.59. The van der Waals surface area contributed by atoms with Crippen LogP contribution in [0.4, 0.5) is 10.5 Å². The van der Waals surface area contributed by atoms with Crippen LogP contribution in [0.5, 0.6) is 5.75 Å². The molecule has 1 heterocycles. The van der Waals surface area contributed by atoms with E-state index in [0.29, 0.717) is 17.0 Å². The molecule has 0 unspecified atom stereocenters. The van der Waals surface area contributed by atoms with Crippen molar-refractivity contribution in [2.75, 3.05) is 25.6 Å². The lowest BCUT2D eigenvalue weighted by Crippen LogP contribution is -2.34. The first-order valence-electron chi connectivity index (χ1n) is 9.28. The zero-order chi connectivity index (χ0) is 22.4. The molecule has 2 aromatic rings. The van der Waals surface area contributed by atoms with Gasteiger partial charge in [-0.05, 0) is 43.0 Å². The summed E-state index contributed by atoms with van der Waals surface area (Å²) in [6.45, 7) is 1.27. The van der Waals surface area contributed by atoms with Gasteiger partial charge in [-0.15, -0.1) is 0 Å². The van der Waals surface area contributed by atoms with Gasteiger partial charge in [-0.25, -0.2) is 0 Å². The average molecular weight is 440 g/mol. The Morgan fingerprint density at radius 1 is 1.10 bits per heavy atom. The predicted molar refractivity (Wildman–Crippen MR) is 116 cm³/mol. The van der Waals surface area contributed by atoms with Gasteiger partial charge in [0.05, 0.1) is 12.0 Å². The fourth-order valence-electron chi connectivity index (χ4n) is 2.68. The maximum absolute atomic E-state index is 12.5. The number of amides is 3. The highest BCUT2D eigenvalue weighted by Gasteiger charge is 2.36. The van der Waals surface area contributed by atoms with Gasteiger partial charge in [0.15, 0.2) is 6.61 Å². The number of thioether (sulfide) groups is 1. The largest absolute Gasteiger partial charge is 0.483 e. The van der Waals surface area contributed by atoms with E-state index in [2.05, 4.69) is 10.1 Å². The Morgan fingerprint density at radius 3 is 2.52 bits per heavy atom. The number of esters is 1. The lowest BCUT2D eigenvalue weighted by Gasteiger charge is -2.11. The molecule has 0 spiro atoms. The van der Waals surface area contributed by atoms with E-state index >= 15 is 0 Å². The van der Waals surface area contributed by atoms with E-state index in [9.17, 15) is 19.2 Å². The van der Waals surface area contributed by atoms with Crippen molar-refractivity contribution in [3.63, 3.8) is 0 Å². The quantitative estimate of drug-likeness (QED) is 0.521. The van der Waals surface area contributed by atoms with E-state index in [1.165, 1.54) is 13.2 Å². The molecule has 0 radical (unpaired) electrons. The molecular formula is C22H20N2O6S. The predicted octanol–water partition coefficient (Wildman–Crippen LogP) is 3.22. The van der Waals surface area contributed by atoms with Crippen molar-refractivity contribution >= 4 is 46.5 Å². The first-order chi connectivity index (χ1) is 14.9. The molecule has 1 aliphatic heterocycles. The maximum atomic E-state index is 12.5. The Morgan fingerprint density at radius 2 is 1.81 bits per heavy atom. The minimum absolute atomic E-state index is 0.147. The number of rotatable bonds is 7. The van der Waals surface area contributed by atoms with Crippen LogP contribution in [-0.4, -0.2) is 48.2 Å². The van der Waals surface area contributed by atoms with Gasteiger partial charge in [-0.3, -0.25) is 24.1 Å². The highest BCUT2D eigenvalue weighted by atomic mass is 32.2. The van der Waals surface area contributed by atoms with Gasteiger partial charge in [-0.1, -0.05) is 35.9 Å². The van der Waals surface area contributed by atoms with Crippen LogP contribution in [0.25, 0.3) is 6.08 Å². The van der Waals surface area contributed by atoms with Crippen LogP contribution in [-0.2, 0) is 19.1 Å². The molecule has 1 saturated heterocycles. The molecule has 3 amide bonds. The van der Waals surface area contributed by atoms with Gasteiger partial charge in [0.2, 0.25) is 0 Å². The molecule has 1 fully saturated rings. The van der Waals surface area contributed by atoms with E-state index < -0.39 is 23.7 Å². The van der Waals surface area contributed by atoms with Crippen LogP contribution >= 0.6 is 11.8 Å². The third-order valence-corrected chi connectivity index (χ3v) is 5.20. The van der Waals surface area contributed by atoms with Crippen molar-refractivity contribution in [3.8, 4) is 5.75 Å². The number of carbonyl (C=O) groups is 4. The van der Waals surface area contributed by atoms with Crippen LogP contribution < -0.4 is 10.1 Å². The van der Waals surface area contributed by atoms with Gasteiger partial charge >= 0.3 is 5.97 Å². The molecule has 0 saturated carbocycles. The molecule has 2 aromatic carbocycles. The lowest BCUT2D eigenvalue weighted by molar-refractivity contribution is -0.143. The Labute approximate surface area is 183 Å². The van der Waals surface area contributed by atoms with Gasteiger partial charge in [0.25, 0.3) is 17.1 Å². The van der Waals surface area contributed by atoms with Crippen molar-refractivity contribution < 1.29 is 28.7 Å². The molecular weight excluding hydrogens is 420 g/mol. The Kier molecular flexibility index (Phi) is 7.09. The second-order valence-electron chi connectivity index (χ2n) is 6.58. The van der Waals surface area contributed by atoms with Crippen LogP contribution in [0.3, 0.4) is 0 Å². The number of carbonyl (C=O) groups excluding carboxylic acids is 4. The number of methoxy groups -OCH3 is 1. The molecule has 1 N–H and O–H groups in total. The molecule has 160 valence electrons. The number of anilines is 1. The standard InChI is InChI=1S/C22H20N2O6S/c1-14-7-9-16(10-8-14)23-19(25)13-30-17-6-4-3-5-15(17)11-18-21(27)24(22(28)31-18)12-20(26)29-2/h3-11H,12-13H2,1-2H3,(H,23,25)/b18-11+. The van der Waals surface area contributed by atoms with Crippen molar-refractivity contribution in [2.24, 2.45) is 0 Å². The van der Waals surface area contributed by atoms with E-state index in [0.717, 1.165) is 22.2 Å². The van der Waals surface area contributed by atoms with Crippen molar-refractivity contribution in [1.82, 2.24) is 4.90 Å².